The van der Waals surface area contributed by atoms with Gasteiger partial charge in [0.15, 0.2) is 0 Å². The van der Waals surface area contributed by atoms with E-state index in [-0.39, 0.29) is 11.4 Å². The van der Waals surface area contributed by atoms with Crippen molar-refractivity contribution in [3.8, 4) is 0 Å². The molecule has 0 atom stereocenters. The Bertz CT molecular complexity index is 615. The monoisotopic (exact) mass is 301 g/mol. The molecule has 1 fully saturated rings. The zero-order chi connectivity index (χ0) is 15.0. The van der Waals surface area contributed by atoms with Crippen LogP contribution in [0.2, 0.25) is 0 Å². The molecule has 0 saturated heterocycles. The van der Waals surface area contributed by atoms with Crippen LogP contribution >= 0.6 is 0 Å². The molecule has 0 amide bonds. The van der Waals surface area contributed by atoms with Crippen LogP contribution < -0.4 is 4.72 Å². The van der Waals surface area contributed by atoms with Crippen molar-refractivity contribution >= 4 is 16.0 Å². The van der Waals surface area contributed by atoms with Crippen molar-refractivity contribution in [2.24, 2.45) is 12.5 Å². The van der Waals surface area contributed by atoms with E-state index in [0.29, 0.717) is 18.5 Å². The van der Waals surface area contributed by atoms with Crippen LogP contribution in [0.25, 0.3) is 0 Å². The fraction of sp³-hybridized carbons (Fsp3) is 0.667. The van der Waals surface area contributed by atoms with E-state index in [0.717, 1.165) is 12.8 Å². The zero-order valence-electron chi connectivity index (χ0n) is 11.6. The second kappa shape index (κ2) is 5.17. The molecule has 0 bridgehead atoms. The van der Waals surface area contributed by atoms with Crippen molar-refractivity contribution in [1.82, 2.24) is 14.5 Å². The Hall–Kier alpha value is -1.41. The number of hydrogen-bond acceptors (Lipinski definition) is 4. The minimum atomic E-state index is -3.73. The summed E-state index contributed by atoms with van der Waals surface area (Å²) in [6.07, 6.45) is 3.94. The number of carboxylic acids is 1. The molecule has 20 heavy (non-hydrogen) atoms. The molecule has 1 aliphatic rings. The first-order valence-electron chi connectivity index (χ1n) is 6.50. The largest absolute Gasteiger partial charge is 0.481 e. The summed E-state index contributed by atoms with van der Waals surface area (Å²) < 4.78 is 28.4. The number of aliphatic carboxylic acids is 1. The average molecular weight is 301 g/mol. The van der Waals surface area contributed by atoms with E-state index < -0.39 is 21.4 Å². The molecule has 1 saturated carbocycles. The molecule has 1 aromatic heterocycles. The fourth-order valence-electron chi connectivity index (χ4n) is 2.57. The van der Waals surface area contributed by atoms with E-state index in [9.17, 15) is 18.3 Å². The lowest BCUT2D eigenvalue weighted by Gasteiger charge is -2.23. The van der Waals surface area contributed by atoms with Crippen molar-refractivity contribution in [1.29, 1.82) is 0 Å². The van der Waals surface area contributed by atoms with Crippen molar-refractivity contribution in [3.63, 3.8) is 0 Å². The lowest BCUT2D eigenvalue weighted by molar-refractivity contribution is -0.148. The van der Waals surface area contributed by atoms with Crippen LogP contribution in [0.5, 0.6) is 0 Å². The molecule has 1 heterocycles. The van der Waals surface area contributed by atoms with Gasteiger partial charge in [-0.05, 0) is 19.8 Å². The van der Waals surface area contributed by atoms with Crippen LogP contribution in [0.4, 0.5) is 0 Å². The van der Waals surface area contributed by atoms with E-state index in [1.54, 1.807) is 14.0 Å². The highest BCUT2D eigenvalue weighted by molar-refractivity contribution is 7.89. The molecule has 0 aromatic carbocycles. The van der Waals surface area contributed by atoms with Gasteiger partial charge in [-0.25, -0.2) is 13.1 Å². The molecular weight excluding hydrogens is 282 g/mol. The smallest absolute Gasteiger partial charge is 0.310 e. The standard InChI is InChI=1S/C12H19N3O4S/c1-9-10(7-13-15(9)2)20(18,19)14-8-12(11(16)17)5-3-4-6-12/h7,14H,3-6,8H2,1-2H3,(H,16,17). The van der Waals surface area contributed by atoms with Crippen molar-refractivity contribution < 1.29 is 18.3 Å². The minimum Gasteiger partial charge on any atom is -0.481 e. The van der Waals surface area contributed by atoms with Crippen LogP contribution in [-0.2, 0) is 21.9 Å². The number of carboxylic acid groups (broad SMARTS) is 1. The van der Waals surface area contributed by atoms with Gasteiger partial charge in [-0.15, -0.1) is 0 Å². The van der Waals surface area contributed by atoms with Gasteiger partial charge in [0.1, 0.15) is 4.90 Å². The summed E-state index contributed by atoms with van der Waals surface area (Å²) in [6, 6.07) is 0. The van der Waals surface area contributed by atoms with Gasteiger partial charge in [-0.1, -0.05) is 12.8 Å². The third-order valence-corrected chi connectivity index (χ3v) is 5.60. The molecule has 7 nitrogen and oxygen atoms in total. The van der Waals surface area contributed by atoms with E-state index in [4.69, 9.17) is 0 Å². The number of nitrogens with zero attached hydrogens (tertiary/aromatic N) is 2. The van der Waals surface area contributed by atoms with Crippen LogP contribution in [0.1, 0.15) is 31.4 Å². The van der Waals surface area contributed by atoms with E-state index in [2.05, 4.69) is 9.82 Å². The van der Waals surface area contributed by atoms with E-state index >= 15 is 0 Å². The molecule has 2 N–H and O–H groups in total. The Morgan fingerprint density at radius 3 is 2.55 bits per heavy atom. The number of carbonyl (C=O) groups is 1. The molecule has 1 aromatic rings. The molecule has 0 radical (unpaired) electrons. The molecule has 1 aliphatic carbocycles. The number of aryl methyl sites for hydroxylation is 1. The first kappa shape index (κ1) is 15.0. The summed E-state index contributed by atoms with van der Waals surface area (Å²) in [5.74, 6) is -0.930. The maximum absolute atomic E-state index is 12.2. The summed E-state index contributed by atoms with van der Waals surface area (Å²) in [7, 11) is -2.07. The number of rotatable bonds is 5. The summed E-state index contributed by atoms with van der Waals surface area (Å²) in [4.78, 5) is 11.5. The highest BCUT2D eigenvalue weighted by Gasteiger charge is 2.42. The summed E-state index contributed by atoms with van der Waals surface area (Å²) in [6.45, 7) is 1.59. The van der Waals surface area contributed by atoms with Gasteiger partial charge in [0, 0.05) is 13.6 Å². The second-order valence-electron chi connectivity index (χ2n) is 5.33. The molecule has 0 spiro atoms. The normalized spacial score (nSPS) is 18.3. The SMILES string of the molecule is Cc1c(S(=O)(=O)NCC2(C(=O)O)CCCC2)cnn1C. The highest BCUT2D eigenvalue weighted by Crippen LogP contribution is 2.38. The average Bonchev–Trinajstić information content (AvgIpc) is 2.97. The Labute approximate surface area is 118 Å². The van der Waals surface area contributed by atoms with E-state index in [1.165, 1.54) is 10.9 Å². The van der Waals surface area contributed by atoms with Crippen molar-refractivity contribution in [3.05, 3.63) is 11.9 Å². The molecule has 112 valence electrons. The Balaban J connectivity index is 2.17. The van der Waals surface area contributed by atoms with E-state index in [1.807, 2.05) is 0 Å². The van der Waals surface area contributed by atoms with Crippen molar-refractivity contribution in [2.75, 3.05) is 6.54 Å². The summed E-state index contributed by atoms with van der Waals surface area (Å²) in [5.41, 5.74) is -0.447. The third-order valence-electron chi connectivity index (χ3n) is 4.09. The topological polar surface area (TPSA) is 101 Å². The first-order chi connectivity index (χ1) is 9.28. The maximum atomic E-state index is 12.2. The maximum Gasteiger partial charge on any atom is 0.310 e. The number of hydrogen-bond donors (Lipinski definition) is 2. The van der Waals surface area contributed by atoms with Gasteiger partial charge in [0.05, 0.1) is 17.3 Å². The molecular formula is C12H19N3O4S. The highest BCUT2D eigenvalue weighted by atomic mass is 32.2. The van der Waals surface area contributed by atoms with Crippen LogP contribution in [0.3, 0.4) is 0 Å². The lowest BCUT2D eigenvalue weighted by atomic mass is 9.87. The Morgan fingerprint density at radius 2 is 2.10 bits per heavy atom. The van der Waals surface area contributed by atoms with Crippen LogP contribution in [0, 0.1) is 12.3 Å². The molecule has 2 rings (SSSR count). The lowest BCUT2D eigenvalue weighted by Crippen LogP contribution is -2.41. The van der Waals surface area contributed by atoms with Gasteiger partial charge in [-0.3, -0.25) is 9.48 Å². The summed E-state index contributed by atoms with van der Waals surface area (Å²) in [5, 5.41) is 13.2. The van der Waals surface area contributed by atoms with Gasteiger partial charge >= 0.3 is 5.97 Å². The zero-order valence-corrected chi connectivity index (χ0v) is 12.4. The third kappa shape index (κ3) is 2.57. The quantitative estimate of drug-likeness (QED) is 0.831. The number of nitrogens with one attached hydrogen (secondary N) is 1. The van der Waals surface area contributed by atoms with Crippen molar-refractivity contribution in [2.45, 2.75) is 37.5 Å². The van der Waals surface area contributed by atoms with Crippen LogP contribution in [-0.4, -0.2) is 35.8 Å². The van der Waals surface area contributed by atoms with Crippen LogP contribution in [0.15, 0.2) is 11.1 Å². The predicted octanol–water partition coefficient (Wildman–Crippen LogP) is 0.652. The molecule has 0 unspecified atom stereocenters. The number of aromatic nitrogens is 2. The van der Waals surface area contributed by atoms with Gasteiger partial charge in [0.2, 0.25) is 10.0 Å². The summed E-state index contributed by atoms with van der Waals surface area (Å²) >= 11 is 0. The minimum absolute atomic E-state index is 0.0704. The van der Waals surface area contributed by atoms with Gasteiger partial charge in [-0.2, -0.15) is 5.10 Å². The predicted molar refractivity (Wildman–Crippen MR) is 71.7 cm³/mol. The second-order valence-corrected chi connectivity index (χ2v) is 7.07. The first-order valence-corrected chi connectivity index (χ1v) is 7.98. The Morgan fingerprint density at radius 1 is 1.50 bits per heavy atom. The Kier molecular flexibility index (Phi) is 3.88. The molecule has 0 aliphatic heterocycles. The van der Waals surface area contributed by atoms with Gasteiger partial charge < -0.3 is 5.11 Å². The van der Waals surface area contributed by atoms with Gasteiger partial charge in [0.25, 0.3) is 0 Å². The molecule has 8 heteroatoms. The number of sulfonamides is 1. The fourth-order valence-corrected chi connectivity index (χ4v) is 3.90.